The molecular formula is C14H29N3. The van der Waals surface area contributed by atoms with Crippen molar-refractivity contribution < 1.29 is 0 Å². The highest BCUT2D eigenvalue weighted by atomic mass is 15.2. The van der Waals surface area contributed by atoms with Gasteiger partial charge >= 0.3 is 0 Å². The van der Waals surface area contributed by atoms with Gasteiger partial charge in [-0.3, -0.25) is 0 Å². The van der Waals surface area contributed by atoms with Crippen LogP contribution in [0.4, 0.5) is 0 Å². The number of nitrogens with two attached hydrogens (primary N) is 1. The van der Waals surface area contributed by atoms with E-state index in [4.69, 9.17) is 5.73 Å². The molecule has 3 heteroatoms. The maximum Gasteiger partial charge on any atom is 0.0120 e. The Morgan fingerprint density at radius 3 is 2.12 bits per heavy atom. The summed E-state index contributed by atoms with van der Waals surface area (Å²) in [5.41, 5.74) is 6.00. The van der Waals surface area contributed by atoms with E-state index in [2.05, 4.69) is 23.6 Å². The number of rotatable bonds is 3. The smallest absolute Gasteiger partial charge is 0.0120 e. The lowest BCUT2D eigenvalue weighted by Gasteiger charge is -2.42. The molecule has 2 aliphatic heterocycles. The normalized spacial score (nSPS) is 28.4. The molecule has 0 aromatic heterocycles. The van der Waals surface area contributed by atoms with Gasteiger partial charge < -0.3 is 15.5 Å². The summed E-state index contributed by atoms with van der Waals surface area (Å²) < 4.78 is 0. The lowest BCUT2D eigenvalue weighted by atomic mass is 9.89. The van der Waals surface area contributed by atoms with Gasteiger partial charge in [0.2, 0.25) is 0 Å². The molecule has 17 heavy (non-hydrogen) atoms. The molecule has 0 radical (unpaired) electrons. The van der Waals surface area contributed by atoms with Crippen LogP contribution >= 0.6 is 0 Å². The van der Waals surface area contributed by atoms with E-state index in [-0.39, 0.29) is 0 Å². The zero-order valence-electron chi connectivity index (χ0n) is 11.6. The van der Waals surface area contributed by atoms with Crippen molar-refractivity contribution in [3.05, 3.63) is 0 Å². The fourth-order valence-electron chi connectivity index (χ4n) is 3.41. The SMILES string of the molecule is CCN1CCC(N2CCC(C(C)N)CC2)CC1. The quantitative estimate of drug-likeness (QED) is 0.811. The third-order valence-electron chi connectivity index (χ3n) is 4.84. The Morgan fingerprint density at radius 2 is 1.65 bits per heavy atom. The molecule has 0 saturated carbocycles. The van der Waals surface area contributed by atoms with Crippen molar-refractivity contribution in [2.45, 2.75) is 51.6 Å². The van der Waals surface area contributed by atoms with Gasteiger partial charge in [0.15, 0.2) is 0 Å². The van der Waals surface area contributed by atoms with Crippen LogP contribution in [0.5, 0.6) is 0 Å². The summed E-state index contributed by atoms with van der Waals surface area (Å²) in [6.45, 7) is 10.8. The first-order valence-electron chi connectivity index (χ1n) is 7.42. The van der Waals surface area contributed by atoms with Gasteiger partial charge in [-0.1, -0.05) is 6.92 Å². The van der Waals surface area contributed by atoms with Crippen molar-refractivity contribution in [3.63, 3.8) is 0 Å². The molecule has 0 aliphatic carbocycles. The first-order valence-corrected chi connectivity index (χ1v) is 7.42. The molecule has 2 rings (SSSR count). The lowest BCUT2D eigenvalue weighted by molar-refractivity contribution is 0.0757. The van der Waals surface area contributed by atoms with Crippen LogP contribution in [0.25, 0.3) is 0 Å². The van der Waals surface area contributed by atoms with Crippen molar-refractivity contribution in [3.8, 4) is 0 Å². The van der Waals surface area contributed by atoms with E-state index >= 15 is 0 Å². The van der Waals surface area contributed by atoms with E-state index in [1.807, 2.05) is 0 Å². The van der Waals surface area contributed by atoms with Crippen LogP contribution in [0, 0.1) is 5.92 Å². The van der Waals surface area contributed by atoms with Crippen LogP contribution < -0.4 is 5.73 Å². The van der Waals surface area contributed by atoms with Gasteiger partial charge in [-0.25, -0.2) is 0 Å². The molecule has 0 aromatic rings. The van der Waals surface area contributed by atoms with Crippen LogP contribution in [-0.2, 0) is 0 Å². The first kappa shape index (κ1) is 13.3. The number of likely N-dealkylation sites (tertiary alicyclic amines) is 2. The van der Waals surface area contributed by atoms with Gasteiger partial charge in [-0.05, 0) is 71.2 Å². The molecule has 100 valence electrons. The first-order chi connectivity index (χ1) is 8.20. The van der Waals surface area contributed by atoms with Gasteiger partial charge in [-0.2, -0.15) is 0 Å². The lowest BCUT2D eigenvalue weighted by Crippen LogP contribution is -2.49. The van der Waals surface area contributed by atoms with E-state index in [0.29, 0.717) is 6.04 Å². The molecule has 2 heterocycles. The highest BCUT2D eigenvalue weighted by Gasteiger charge is 2.28. The van der Waals surface area contributed by atoms with Crippen molar-refractivity contribution in [1.82, 2.24) is 9.80 Å². The van der Waals surface area contributed by atoms with Gasteiger partial charge in [0, 0.05) is 12.1 Å². The molecule has 1 unspecified atom stereocenters. The average molecular weight is 239 g/mol. The maximum atomic E-state index is 6.00. The van der Waals surface area contributed by atoms with E-state index in [9.17, 15) is 0 Å². The Hall–Kier alpha value is -0.120. The summed E-state index contributed by atoms with van der Waals surface area (Å²) in [5.74, 6) is 0.766. The number of nitrogens with zero attached hydrogens (tertiary/aromatic N) is 2. The van der Waals surface area contributed by atoms with Gasteiger partial charge in [0.25, 0.3) is 0 Å². The molecule has 2 aliphatic rings. The molecule has 2 fully saturated rings. The van der Waals surface area contributed by atoms with Crippen molar-refractivity contribution in [2.75, 3.05) is 32.7 Å². The number of hydrogen-bond donors (Lipinski definition) is 1. The number of piperidine rings is 2. The predicted octanol–water partition coefficient (Wildman–Crippen LogP) is 1.53. The van der Waals surface area contributed by atoms with Crippen LogP contribution in [-0.4, -0.2) is 54.6 Å². The van der Waals surface area contributed by atoms with Crippen LogP contribution in [0.2, 0.25) is 0 Å². The molecule has 3 nitrogen and oxygen atoms in total. The Morgan fingerprint density at radius 1 is 1.06 bits per heavy atom. The second-order valence-corrected chi connectivity index (χ2v) is 5.90. The van der Waals surface area contributed by atoms with Crippen LogP contribution in [0.15, 0.2) is 0 Å². The molecule has 0 spiro atoms. The Balaban J connectivity index is 1.74. The molecule has 0 bridgehead atoms. The fraction of sp³-hybridized carbons (Fsp3) is 1.00. The molecule has 0 aromatic carbocycles. The molecule has 2 saturated heterocycles. The minimum atomic E-state index is 0.388. The van der Waals surface area contributed by atoms with E-state index in [0.717, 1.165) is 12.0 Å². The Kier molecular flexibility index (Phi) is 4.83. The maximum absolute atomic E-state index is 6.00. The summed E-state index contributed by atoms with van der Waals surface area (Å²) in [7, 11) is 0. The zero-order valence-corrected chi connectivity index (χ0v) is 11.6. The fourth-order valence-corrected chi connectivity index (χ4v) is 3.41. The summed E-state index contributed by atoms with van der Waals surface area (Å²) in [6, 6.07) is 1.24. The highest BCUT2D eigenvalue weighted by molar-refractivity contribution is 4.84. The second-order valence-electron chi connectivity index (χ2n) is 5.90. The Labute approximate surface area is 106 Å². The van der Waals surface area contributed by atoms with Gasteiger partial charge in [0.05, 0.1) is 0 Å². The van der Waals surface area contributed by atoms with E-state index in [1.165, 1.54) is 58.4 Å². The monoisotopic (exact) mass is 239 g/mol. The van der Waals surface area contributed by atoms with Crippen LogP contribution in [0.3, 0.4) is 0 Å². The molecule has 1 atom stereocenters. The molecule has 2 N–H and O–H groups in total. The molecular weight excluding hydrogens is 210 g/mol. The van der Waals surface area contributed by atoms with Gasteiger partial charge in [0.1, 0.15) is 0 Å². The summed E-state index contributed by atoms with van der Waals surface area (Å²) >= 11 is 0. The second kappa shape index (κ2) is 6.17. The predicted molar refractivity (Wildman–Crippen MR) is 73.1 cm³/mol. The number of hydrogen-bond acceptors (Lipinski definition) is 3. The largest absolute Gasteiger partial charge is 0.328 e. The van der Waals surface area contributed by atoms with Crippen molar-refractivity contribution in [2.24, 2.45) is 11.7 Å². The summed E-state index contributed by atoms with van der Waals surface area (Å²) in [5, 5.41) is 0. The molecule has 0 amide bonds. The van der Waals surface area contributed by atoms with E-state index < -0.39 is 0 Å². The minimum absolute atomic E-state index is 0.388. The average Bonchev–Trinajstić information content (AvgIpc) is 2.39. The Bertz CT molecular complexity index is 214. The zero-order chi connectivity index (χ0) is 12.3. The third kappa shape index (κ3) is 3.43. The van der Waals surface area contributed by atoms with Crippen LogP contribution in [0.1, 0.15) is 39.5 Å². The van der Waals surface area contributed by atoms with Crippen molar-refractivity contribution in [1.29, 1.82) is 0 Å². The van der Waals surface area contributed by atoms with E-state index in [1.54, 1.807) is 0 Å². The third-order valence-corrected chi connectivity index (χ3v) is 4.84. The minimum Gasteiger partial charge on any atom is -0.328 e. The highest BCUT2D eigenvalue weighted by Crippen LogP contribution is 2.24. The van der Waals surface area contributed by atoms with Crippen molar-refractivity contribution >= 4 is 0 Å². The summed E-state index contributed by atoms with van der Waals surface area (Å²) in [4.78, 5) is 5.30. The topological polar surface area (TPSA) is 32.5 Å². The summed E-state index contributed by atoms with van der Waals surface area (Å²) in [6.07, 6.45) is 5.37. The standard InChI is InChI=1S/C14H29N3/c1-3-16-8-6-14(7-9-16)17-10-4-13(5-11-17)12(2)15/h12-14H,3-11,15H2,1-2H3. The van der Waals surface area contributed by atoms with Gasteiger partial charge in [-0.15, -0.1) is 0 Å².